The zero-order chi connectivity index (χ0) is 27.5. The lowest BCUT2D eigenvalue weighted by Crippen LogP contribution is -2.36. The summed E-state index contributed by atoms with van der Waals surface area (Å²) in [7, 11) is 0. The molecular formula is C28H37F2N7O2. The zero-order valence-corrected chi connectivity index (χ0v) is 22.8. The summed E-state index contributed by atoms with van der Waals surface area (Å²) in [5, 5.41) is 4.08. The zero-order valence-electron chi connectivity index (χ0n) is 22.8. The Balaban J connectivity index is 1.06. The van der Waals surface area contributed by atoms with E-state index in [0.717, 1.165) is 44.2 Å². The van der Waals surface area contributed by atoms with Gasteiger partial charge in [0.25, 0.3) is 0 Å². The van der Waals surface area contributed by atoms with Gasteiger partial charge in [0.2, 0.25) is 5.95 Å². The summed E-state index contributed by atoms with van der Waals surface area (Å²) in [5.74, 6) is 1.85. The van der Waals surface area contributed by atoms with Crippen LogP contribution in [0.3, 0.4) is 0 Å². The van der Waals surface area contributed by atoms with E-state index in [2.05, 4.69) is 45.8 Å². The van der Waals surface area contributed by atoms with Crippen LogP contribution in [0, 0.1) is 23.5 Å². The Morgan fingerprint density at radius 2 is 1.82 bits per heavy atom. The first-order valence-corrected chi connectivity index (χ1v) is 13.8. The molecule has 3 aromatic rings. The van der Waals surface area contributed by atoms with Gasteiger partial charge in [-0.2, -0.15) is 4.98 Å². The van der Waals surface area contributed by atoms with Crippen LogP contribution in [0.4, 0.5) is 20.7 Å². The lowest BCUT2D eigenvalue weighted by molar-refractivity contribution is 0.219. The highest BCUT2D eigenvalue weighted by Crippen LogP contribution is 2.32. The van der Waals surface area contributed by atoms with Gasteiger partial charge < -0.3 is 24.8 Å². The SMILES string of the molecule is CC(C)c1noc(N2CCC([C@H](C)CCOc3cnc(N4C[C@@H](N)[C@H](c5ccc(F)cc5F)C4)nc3)CC2)n1. The topological polar surface area (TPSA) is 106 Å². The molecule has 2 aromatic heterocycles. The smallest absolute Gasteiger partial charge is 0.324 e. The van der Waals surface area contributed by atoms with Crippen molar-refractivity contribution in [2.24, 2.45) is 17.6 Å². The average Bonchev–Trinajstić information content (AvgIpc) is 3.57. The molecule has 2 saturated heterocycles. The molecule has 5 rings (SSSR count). The third-order valence-corrected chi connectivity index (χ3v) is 8.03. The first-order valence-electron chi connectivity index (χ1n) is 13.8. The van der Waals surface area contributed by atoms with Crippen molar-refractivity contribution in [2.75, 3.05) is 42.6 Å². The van der Waals surface area contributed by atoms with Crippen molar-refractivity contribution < 1.29 is 18.0 Å². The van der Waals surface area contributed by atoms with E-state index in [4.69, 9.17) is 15.0 Å². The molecule has 9 nitrogen and oxygen atoms in total. The molecule has 210 valence electrons. The van der Waals surface area contributed by atoms with Gasteiger partial charge in [-0.25, -0.2) is 18.7 Å². The van der Waals surface area contributed by atoms with Crippen molar-refractivity contribution in [3.8, 4) is 5.75 Å². The summed E-state index contributed by atoms with van der Waals surface area (Å²) in [6, 6.07) is 3.96. The standard InChI is InChI=1S/C28H37F2N7O2/c1-17(2)26-34-28(39-35-26)36-9-6-19(7-10-36)18(3)8-11-38-21-13-32-27(33-14-21)37-15-23(25(31)16-37)22-5-4-20(29)12-24(22)30/h4-5,12-14,17-19,23,25H,6-11,15-16,31H2,1-3H3/t18-,23+,25-/m1/s1. The fourth-order valence-electron chi connectivity index (χ4n) is 5.52. The first kappa shape index (κ1) is 27.2. The van der Waals surface area contributed by atoms with Crippen LogP contribution in [0.2, 0.25) is 0 Å². The quantitative estimate of drug-likeness (QED) is 0.419. The minimum Gasteiger partial charge on any atom is -0.490 e. The molecule has 3 atom stereocenters. The maximum absolute atomic E-state index is 14.3. The van der Waals surface area contributed by atoms with Crippen LogP contribution in [0.5, 0.6) is 5.75 Å². The normalized spacial score (nSPS) is 21.1. The van der Waals surface area contributed by atoms with Crippen molar-refractivity contribution in [1.82, 2.24) is 20.1 Å². The monoisotopic (exact) mass is 541 g/mol. The van der Waals surface area contributed by atoms with Crippen molar-refractivity contribution in [2.45, 2.75) is 57.9 Å². The van der Waals surface area contributed by atoms with Crippen molar-refractivity contribution >= 4 is 12.0 Å². The molecule has 0 radical (unpaired) electrons. The second-order valence-corrected chi connectivity index (χ2v) is 11.1. The Bertz CT molecular complexity index is 1230. The van der Waals surface area contributed by atoms with Crippen LogP contribution < -0.4 is 20.3 Å². The van der Waals surface area contributed by atoms with E-state index in [0.29, 0.717) is 54.8 Å². The number of aromatic nitrogens is 4. The van der Waals surface area contributed by atoms with E-state index in [1.165, 1.54) is 12.1 Å². The molecule has 0 amide bonds. The average molecular weight is 542 g/mol. The summed E-state index contributed by atoms with van der Waals surface area (Å²) < 4.78 is 39.0. The number of hydrogen-bond donors (Lipinski definition) is 1. The number of anilines is 2. The van der Waals surface area contributed by atoms with Crippen molar-refractivity contribution in [3.63, 3.8) is 0 Å². The Hall–Kier alpha value is -3.34. The lowest BCUT2D eigenvalue weighted by atomic mass is 9.84. The second-order valence-electron chi connectivity index (χ2n) is 11.1. The summed E-state index contributed by atoms with van der Waals surface area (Å²) >= 11 is 0. The van der Waals surface area contributed by atoms with Gasteiger partial charge in [0.05, 0.1) is 19.0 Å². The van der Waals surface area contributed by atoms with Gasteiger partial charge >= 0.3 is 6.01 Å². The maximum Gasteiger partial charge on any atom is 0.324 e. The molecule has 2 N–H and O–H groups in total. The van der Waals surface area contributed by atoms with Gasteiger partial charge in [-0.3, -0.25) is 0 Å². The number of halogens is 2. The molecule has 0 saturated carbocycles. The first-order chi connectivity index (χ1) is 18.8. The fourth-order valence-corrected chi connectivity index (χ4v) is 5.52. The van der Waals surface area contributed by atoms with Crippen LogP contribution >= 0.6 is 0 Å². The Morgan fingerprint density at radius 3 is 2.49 bits per heavy atom. The minimum atomic E-state index is -0.598. The molecule has 1 aromatic carbocycles. The van der Waals surface area contributed by atoms with E-state index >= 15 is 0 Å². The third-order valence-electron chi connectivity index (χ3n) is 8.03. The van der Waals surface area contributed by atoms with Crippen LogP contribution in [0.15, 0.2) is 35.1 Å². The van der Waals surface area contributed by atoms with Gasteiger partial charge in [-0.15, -0.1) is 0 Å². The van der Waals surface area contributed by atoms with Crippen LogP contribution in [0.25, 0.3) is 0 Å². The van der Waals surface area contributed by atoms with Crippen LogP contribution in [-0.2, 0) is 0 Å². The molecule has 4 heterocycles. The summed E-state index contributed by atoms with van der Waals surface area (Å²) in [5.41, 5.74) is 6.70. The summed E-state index contributed by atoms with van der Waals surface area (Å²) in [6.45, 7) is 9.78. The van der Waals surface area contributed by atoms with E-state index in [9.17, 15) is 8.78 Å². The predicted octanol–water partition coefficient (Wildman–Crippen LogP) is 4.51. The van der Waals surface area contributed by atoms with Crippen molar-refractivity contribution in [3.05, 3.63) is 53.6 Å². The number of rotatable bonds is 9. The van der Waals surface area contributed by atoms with E-state index in [1.54, 1.807) is 12.4 Å². The number of nitrogens with zero attached hydrogens (tertiary/aromatic N) is 6. The second kappa shape index (κ2) is 11.8. The molecule has 0 bridgehead atoms. The lowest BCUT2D eigenvalue weighted by Gasteiger charge is -2.33. The predicted molar refractivity (Wildman–Crippen MR) is 144 cm³/mol. The molecule has 39 heavy (non-hydrogen) atoms. The number of nitrogens with two attached hydrogens (primary N) is 1. The van der Waals surface area contributed by atoms with Gasteiger partial charge in [0.1, 0.15) is 11.6 Å². The van der Waals surface area contributed by atoms with Gasteiger partial charge in [0, 0.05) is 50.1 Å². The molecule has 2 aliphatic heterocycles. The maximum atomic E-state index is 14.3. The van der Waals surface area contributed by atoms with E-state index in [1.807, 2.05) is 4.90 Å². The molecule has 0 spiro atoms. The summed E-state index contributed by atoms with van der Waals surface area (Å²) in [6.07, 6.45) is 6.44. The van der Waals surface area contributed by atoms with Gasteiger partial charge in [-0.1, -0.05) is 32.0 Å². The molecule has 0 aliphatic carbocycles. The largest absolute Gasteiger partial charge is 0.490 e. The number of piperidine rings is 1. The Morgan fingerprint density at radius 1 is 1.08 bits per heavy atom. The fraction of sp³-hybridized carbons (Fsp3) is 0.571. The molecule has 2 fully saturated rings. The molecule has 11 heteroatoms. The molecule has 2 aliphatic rings. The Labute approximate surface area is 227 Å². The highest BCUT2D eigenvalue weighted by Gasteiger charge is 2.34. The number of hydrogen-bond acceptors (Lipinski definition) is 9. The highest BCUT2D eigenvalue weighted by atomic mass is 19.1. The Kier molecular flexibility index (Phi) is 8.25. The van der Waals surface area contributed by atoms with Crippen LogP contribution in [0.1, 0.15) is 63.3 Å². The number of ether oxygens (including phenoxy) is 1. The molecule has 0 unspecified atom stereocenters. The van der Waals surface area contributed by atoms with E-state index < -0.39 is 11.6 Å². The number of benzene rings is 1. The van der Waals surface area contributed by atoms with Gasteiger partial charge in [-0.05, 0) is 42.7 Å². The van der Waals surface area contributed by atoms with Gasteiger partial charge in [0.15, 0.2) is 11.6 Å². The third kappa shape index (κ3) is 6.29. The molecular weight excluding hydrogens is 504 g/mol. The van der Waals surface area contributed by atoms with Crippen LogP contribution in [-0.4, -0.2) is 58.9 Å². The summed E-state index contributed by atoms with van der Waals surface area (Å²) in [4.78, 5) is 17.5. The highest BCUT2D eigenvalue weighted by molar-refractivity contribution is 5.39. The van der Waals surface area contributed by atoms with E-state index in [-0.39, 0.29) is 17.9 Å². The minimum absolute atomic E-state index is 0.256. The van der Waals surface area contributed by atoms with Crippen molar-refractivity contribution in [1.29, 1.82) is 0 Å².